The van der Waals surface area contributed by atoms with Gasteiger partial charge in [-0.3, -0.25) is 0 Å². The van der Waals surface area contributed by atoms with Crippen LogP contribution in [-0.2, 0) is 0 Å². The van der Waals surface area contributed by atoms with Crippen LogP contribution in [0.3, 0.4) is 0 Å². The fourth-order valence-corrected chi connectivity index (χ4v) is 17.9. The summed E-state index contributed by atoms with van der Waals surface area (Å²) in [4.78, 5) is 0. The molecule has 0 heterocycles. The fraction of sp³-hybridized carbons (Fsp3) is 1.00. The molecule has 2 heteroatoms. The van der Waals surface area contributed by atoms with Gasteiger partial charge in [0.1, 0.15) is 0 Å². The van der Waals surface area contributed by atoms with Crippen LogP contribution < -0.4 is 0 Å². The van der Waals surface area contributed by atoms with Crippen molar-refractivity contribution in [2.45, 2.75) is 128 Å². The second-order valence-electron chi connectivity index (χ2n) is 13.2. The maximum Gasteiger partial charge on any atom is 0.262 e. The molecule has 0 aliphatic heterocycles. The van der Waals surface area contributed by atoms with Gasteiger partial charge < -0.3 is 0 Å². The van der Waals surface area contributed by atoms with Gasteiger partial charge >= 0.3 is 0 Å². The smallest absolute Gasteiger partial charge is 0.0938 e. The number of rotatable bonds is 10. The molecule has 0 nitrogen and oxygen atoms in total. The molecule has 0 radical (unpaired) electrons. The van der Waals surface area contributed by atoms with Crippen LogP contribution >= 0.6 is 0 Å². The van der Waals surface area contributed by atoms with Crippen molar-refractivity contribution < 1.29 is 0 Å². The zero-order chi connectivity index (χ0) is 21.9. The minimum absolute atomic E-state index is 0.500. The Balaban J connectivity index is 1.86. The van der Waals surface area contributed by atoms with Crippen molar-refractivity contribution in [1.82, 2.24) is 0 Å². The Bertz CT molecular complexity index is 461. The van der Waals surface area contributed by atoms with Crippen molar-refractivity contribution in [3.63, 3.8) is 0 Å². The van der Waals surface area contributed by atoms with E-state index in [1.807, 2.05) is 0 Å². The van der Waals surface area contributed by atoms with Crippen LogP contribution in [0, 0.1) is 41.4 Å². The second-order valence-corrected chi connectivity index (χ2v) is 21.6. The van der Waals surface area contributed by atoms with Gasteiger partial charge in [-0.25, -0.2) is 0 Å². The Labute approximate surface area is 190 Å². The Morgan fingerprint density at radius 2 is 1.31 bits per heavy atom. The molecular weight excluding hydrogens is 379 g/mol. The van der Waals surface area contributed by atoms with Crippen LogP contribution in [0.25, 0.3) is 0 Å². The molecule has 170 valence electrons. The maximum atomic E-state index is 2.79. The van der Waals surface area contributed by atoms with Crippen LogP contribution in [0.5, 0.6) is 0 Å². The molecule has 6 atom stereocenters. The summed E-state index contributed by atoms with van der Waals surface area (Å²) in [5.41, 5.74) is 2.17. The predicted molar refractivity (Wildman–Crippen MR) is 138 cm³/mol. The first-order valence-electron chi connectivity index (χ1n) is 13.4. The van der Waals surface area contributed by atoms with E-state index < -0.39 is 22.2 Å². The molecule has 0 N–H and O–H groups in total. The lowest BCUT2D eigenvalue weighted by molar-refractivity contribution is 0.352. The summed E-state index contributed by atoms with van der Waals surface area (Å²) in [5, 5.41) is 4.79. The molecule has 2 fully saturated rings. The van der Waals surface area contributed by atoms with Gasteiger partial charge in [-0.15, -0.1) is 0 Å². The van der Waals surface area contributed by atoms with E-state index in [4.69, 9.17) is 0 Å². The van der Waals surface area contributed by atoms with Crippen LogP contribution in [0.1, 0.15) is 87.5 Å². The second kappa shape index (κ2) is 11.1. The zero-order valence-corrected chi connectivity index (χ0v) is 24.1. The van der Waals surface area contributed by atoms with Crippen molar-refractivity contribution in [3.8, 4) is 0 Å². The van der Waals surface area contributed by atoms with Crippen molar-refractivity contribution in [2.75, 3.05) is 0 Å². The van der Waals surface area contributed by atoms with Gasteiger partial charge in [0, 0.05) is 0 Å². The predicted octanol–water partition coefficient (Wildman–Crippen LogP) is 9.38. The van der Waals surface area contributed by atoms with Gasteiger partial charge in [0.25, 0.3) is 14.1 Å². The highest BCUT2D eigenvalue weighted by Crippen LogP contribution is 2.59. The zero-order valence-electron chi connectivity index (χ0n) is 21.9. The van der Waals surface area contributed by atoms with Crippen molar-refractivity contribution >= 4 is 22.2 Å². The highest BCUT2D eigenvalue weighted by Gasteiger charge is 2.52. The molecule has 0 bridgehead atoms. The summed E-state index contributed by atoms with van der Waals surface area (Å²) in [6.07, 6.45) is 7.84. The first-order valence-corrected chi connectivity index (χ1v) is 19.0. The molecule has 2 aliphatic rings. The minimum atomic E-state index is -1.18. The average molecular weight is 435 g/mol. The molecule has 0 aromatic rings. The van der Waals surface area contributed by atoms with Crippen LogP contribution in [0.2, 0.25) is 40.0 Å². The Kier molecular flexibility index (Phi) is 9.91. The van der Waals surface area contributed by atoms with Crippen molar-refractivity contribution in [1.29, 1.82) is 0 Å². The minimum Gasteiger partial charge on any atom is -0.0938 e. The third-order valence-electron chi connectivity index (χ3n) is 9.91. The molecule has 0 saturated heterocycles. The highest BCUT2D eigenvalue weighted by atomic mass is 28.3. The van der Waals surface area contributed by atoms with E-state index in [1.54, 1.807) is 48.0 Å². The third-order valence-corrected chi connectivity index (χ3v) is 19.7. The summed E-state index contributed by atoms with van der Waals surface area (Å²) in [6, 6.07) is 0. The normalized spacial score (nSPS) is 35.8. The van der Waals surface area contributed by atoms with Gasteiger partial charge in [-0.05, 0) is 47.1 Å². The lowest BCUT2D eigenvalue weighted by atomic mass is 9.92. The molecule has 2 rings (SSSR count). The standard InChI is InChI=1S/C19H37Si.2C4H9.Al/c1-8-9-17-10-11-18(12-17)20(6,7)19-15(4)13(2)14(3)16(19)5;2*1-4(2)3;/h13-19H,1,8-12H2,2-7H3;2*4H,1H2,2-3H3;. The van der Waals surface area contributed by atoms with Crippen molar-refractivity contribution in [3.05, 3.63) is 0 Å². The monoisotopic (exact) mass is 434 g/mol. The van der Waals surface area contributed by atoms with Gasteiger partial charge in [-0.2, -0.15) is 0 Å². The molecule has 0 aromatic heterocycles. The van der Waals surface area contributed by atoms with Crippen LogP contribution in [0.15, 0.2) is 0 Å². The SMILES string of the molecule is CC(C)[CH2][Al]([CH2]CCC1CCC([Si](C)(C)C2C(C)C(C)C(C)C2C)C1)[CH2]C(C)C. The average Bonchev–Trinajstić information content (AvgIpc) is 3.15. The summed E-state index contributed by atoms with van der Waals surface area (Å²) in [7, 11) is -1.18. The lowest BCUT2D eigenvalue weighted by Crippen LogP contribution is -2.41. The summed E-state index contributed by atoms with van der Waals surface area (Å²) < 4.78 is 0. The van der Waals surface area contributed by atoms with Gasteiger partial charge in [0.05, 0.1) is 8.07 Å². The molecule has 6 unspecified atom stereocenters. The van der Waals surface area contributed by atoms with Gasteiger partial charge in [-0.1, -0.05) is 122 Å². The Morgan fingerprint density at radius 1 is 0.793 bits per heavy atom. The Morgan fingerprint density at radius 3 is 1.79 bits per heavy atom. The van der Waals surface area contributed by atoms with E-state index in [1.165, 1.54) is 0 Å². The first kappa shape index (κ1) is 26.0. The molecule has 0 spiro atoms. The van der Waals surface area contributed by atoms with E-state index >= 15 is 0 Å². The van der Waals surface area contributed by atoms with E-state index in [2.05, 4.69) is 68.5 Å². The molecule has 2 aliphatic carbocycles. The van der Waals surface area contributed by atoms with E-state index in [9.17, 15) is 0 Å². The van der Waals surface area contributed by atoms with Crippen molar-refractivity contribution in [2.24, 2.45) is 41.4 Å². The van der Waals surface area contributed by atoms with Crippen LogP contribution in [0.4, 0.5) is 0 Å². The molecule has 0 aromatic carbocycles. The maximum absolute atomic E-state index is 2.79. The molecular formula is C27H55AlSi. The lowest BCUT2D eigenvalue weighted by Gasteiger charge is -2.41. The first-order chi connectivity index (χ1) is 13.4. The largest absolute Gasteiger partial charge is 0.262 e. The topological polar surface area (TPSA) is 0 Å². The number of hydrogen-bond acceptors (Lipinski definition) is 0. The molecule has 2 saturated carbocycles. The summed E-state index contributed by atoms with van der Waals surface area (Å²) >= 11 is -0.500. The van der Waals surface area contributed by atoms with E-state index in [0.29, 0.717) is 0 Å². The summed E-state index contributed by atoms with van der Waals surface area (Å²) in [6.45, 7) is 25.7. The van der Waals surface area contributed by atoms with E-state index in [0.717, 1.165) is 52.5 Å². The summed E-state index contributed by atoms with van der Waals surface area (Å²) in [5.74, 6) is 6.70. The third kappa shape index (κ3) is 6.62. The van der Waals surface area contributed by atoms with Gasteiger partial charge in [0.2, 0.25) is 0 Å². The molecule has 29 heavy (non-hydrogen) atoms. The van der Waals surface area contributed by atoms with Crippen LogP contribution in [-0.4, -0.2) is 22.2 Å². The quantitative estimate of drug-likeness (QED) is 0.300. The fourth-order valence-electron chi connectivity index (χ4n) is 8.09. The van der Waals surface area contributed by atoms with E-state index in [-0.39, 0.29) is 0 Å². The highest BCUT2D eigenvalue weighted by molar-refractivity contribution is 6.80. The Hall–Kier alpha value is 0.749. The van der Waals surface area contributed by atoms with Gasteiger partial charge in [0.15, 0.2) is 0 Å². The molecule has 0 amide bonds. The number of hydrogen-bond donors (Lipinski definition) is 0.